The molecule has 2 aromatic rings. The summed E-state index contributed by atoms with van der Waals surface area (Å²) >= 11 is 3.17. The van der Waals surface area contributed by atoms with Gasteiger partial charge in [0.2, 0.25) is 5.91 Å². The van der Waals surface area contributed by atoms with Gasteiger partial charge in [0.25, 0.3) is 0 Å². The number of benzene rings is 1. The summed E-state index contributed by atoms with van der Waals surface area (Å²) in [5.74, 6) is 1.10. The van der Waals surface area contributed by atoms with Gasteiger partial charge in [0.15, 0.2) is 5.78 Å². The van der Waals surface area contributed by atoms with Crippen LogP contribution < -0.4 is 15.1 Å². The quantitative estimate of drug-likeness (QED) is 0.586. The smallest absolute Gasteiger partial charge is 0.414 e. The third kappa shape index (κ3) is 5.24. The molecular formula is C22H24FN3O4S2. The molecule has 1 N–H and O–H groups in total. The molecule has 3 heterocycles. The molecule has 1 aromatic carbocycles. The Balaban J connectivity index is 1.33. The second-order valence-corrected chi connectivity index (χ2v) is 9.70. The zero-order valence-corrected chi connectivity index (χ0v) is 19.1. The Morgan fingerprint density at radius 2 is 1.97 bits per heavy atom. The van der Waals surface area contributed by atoms with E-state index in [4.69, 9.17) is 4.74 Å². The van der Waals surface area contributed by atoms with Crippen molar-refractivity contribution < 1.29 is 23.5 Å². The van der Waals surface area contributed by atoms with Gasteiger partial charge in [-0.15, -0.1) is 11.3 Å². The Morgan fingerprint density at radius 3 is 2.72 bits per heavy atom. The van der Waals surface area contributed by atoms with Gasteiger partial charge in [-0.3, -0.25) is 14.5 Å². The lowest BCUT2D eigenvalue weighted by atomic mass is 10.2. The van der Waals surface area contributed by atoms with Gasteiger partial charge in [-0.1, -0.05) is 12.1 Å². The molecule has 2 aliphatic heterocycles. The molecule has 0 bridgehead atoms. The molecule has 1 atom stereocenters. The van der Waals surface area contributed by atoms with E-state index in [1.165, 1.54) is 22.3 Å². The van der Waals surface area contributed by atoms with Crippen molar-refractivity contribution in [2.24, 2.45) is 0 Å². The Hall–Kier alpha value is -2.59. The van der Waals surface area contributed by atoms with Crippen LogP contribution in [0.3, 0.4) is 0 Å². The van der Waals surface area contributed by atoms with Crippen LogP contribution in [0.15, 0.2) is 35.7 Å². The molecule has 0 saturated carbocycles. The minimum Gasteiger partial charge on any atom is -0.442 e. The highest BCUT2D eigenvalue weighted by molar-refractivity contribution is 7.99. The monoisotopic (exact) mass is 477 g/mol. The third-order valence-corrected chi connectivity index (χ3v) is 7.21. The Bertz CT molecular complexity index is 980. The molecule has 2 aliphatic rings. The first kappa shape index (κ1) is 22.6. The van der Waals surface area contributed by atoms with Crippen molar-refractivity contribution in [2.75, 3.05) is 47.5 Å². The predicted molar refractivity (Wildman–Crippen MR) is 124 cm³/mol. The molecular weight excluding hydrogens is 453 g/mol. The Kier molecular flexibility index (Phi) is 7.31. The number of amides is 2. The molecule has 0 radical (unpaired) electrons. The van der Waals surface area contributed by atoms with Crippen LogP contribution >= 0.6 is 23.1 Å². The molecule has 32 heavy (non-hydrogen) atoms. The van der Waals surface area contributed by atoms with E-state index in [2.05, 4.69) is 5.32 Å². The van der Waals surface area contributed by atoms with E-state index in [0.717, 1.165) is 11.5 Å². The van der Waals surface area contributed by atoms with Crippen molar-refractivity contribution in [1.29, 1.82) is 0 Å². The first-order chi connectivity index (χ1) is 15.5. The molecule has 2 saturated heterocycles. The van der Waals surface area contributed by atoms with E-state index in [0.29, 0.717) is 29.3 Å². The number of anilines is 2. The van der Waals surface area contributed by atoms with Crippen LogP contribution in [0.25, 0.3) is 0 Å². The zero-order chi connectivity index (χ0) is 22.5. The summed E-state index contributed by atoms with van der Waals surface area (Å²) in [4.78, 5) is 40.7. The summed E-state index contributed by atoms with van der Waals surface area (Å²) in [6.07, 6.45) is -0.908. The number of ketones is 1. The average molecular weight is 478 g/mol. The van der Waals surface area contributed by atoms with Gasteiger partial charge in [0, 0.05) is 37.4 Å². The van der Waals surface area contributed by atoms with Crippen LogP contribution in [-0.4, -0.2) is 61.6 Å². The fourth-order valence-corrected chi connectivity index (χ4v) is 5.35. The highest BCUT2D eigenvalue weighted by Gasteiger charge is 2.35. The zero-order valence-electron chi connectivity index (χ0n) is 17.4. The molecule has 7 nitrogen and oxygen atoms in total. The number of carbonyl (C=O) groups excluding carboxylic acids is 3. The van der Waals surface area contributed by atoms with Gasteiger partial charge in [-0.05, 0) is 23.6 Å². The number of halogens is 1. The molecule has 2 fully saturated rings. The number of carbonyl (C=O) groups is 3. The highest BCUT2D eigenvalue weighted by atomic mass is 32.2. The first-order valence-electron chi connectivity index (χ1n) is 10.5. The molecule has 10 heteroatoms. The van der Waals surface area contributed by atoms with Crippen LogP contribution in [-0.2, 0) is 9.53 Å². The van der Waals surface area contributed by atoms with Crippen LogP contribution in [0.2, 0.25) is 0 Å². The normalized spacial score (nSPS) is 18.5. The van der Waals surface area contributed by atoms with E-state index in [-0.39, 0.29) is 43.4 Å². The molecule has 1 aromatic heterocycles. The maximum absolute atomic E-state index is 14.7. The third-order valence-electron chi connectivity index (χ3n) is 5.36. The largest absolute Gasteiger partial charge is 0.442 e. The van der Waals surface area contributed by atoms with Crippen LogP contribution in [0.4, 0.5) is 20.6 Å². The van der Waals surface area contributed by atoms with Crippen molar-refractivity contribution in [2.45, 2.75) is 18.9 Å². The molecule has 0 aliphatic carbocycles. The molecule has 0 spiro atoms. The number of nitrogens with one attached hydrogen (secondary N) is 1. The van der Waals surface area contributed by atoms with Gasteiger partial charge in [-0.25, -0.2) is 9.18 Å². The number of rotatable bonds is 8. The van der Waals surface area contributed by atoms with E-state index in [1.807, 2.05) is 22.0 Å². The average Bonchev–Trinajstić information content (AvgIpc) is 3.46. The van der Waals surface area contributed by atoms with Gasteiger partial charge in [0.05, 0.1) is 29.3 Å². The van der Waals surface area contributed by atoms with Crippen molar-refractivity contribution in [1.82, 2.24) is 5.32 Å². The van der Waals surface area contributed by atoms with Crippen LogP contribution in [0.1, 0.15) is 22.5 Å². The second kappa shape index (κ2) is 10.4. The van der Waals surface area contributed by atoms with Crippen molar-refractivity contribution >= 4 is 52.3 Å². The Morgan fingerprint density at radius 1 is 1.16 bits per heavy atom. The standard InChI is InChI=1S/C22H24FN3O4S2/c23-16-3-1-4-17(21(16)25-8-11-31-12-9-25)26-14-15(30-22(26)29)13-24-20(28)7-6-18(27)19-5-2-10-32-19/h1-5,10,15H,6-9,11-14H2,(H,24,28). The van der Waals surface area contributed by atoms with Crippen LogP contribution in [0, 0.1) is 5.82 Å². The number of Topliss-reactive ketones (excluding diaryl/α,β-unsaturated/α-hetero) is 1. The number of hydrogen-bond acceptors (Lipinski definition) is 7. The topological polar surface area (TPSA) is 79.0 Å². The van der Waals surface area contributed by atoms with E-state index in [9.17, 15) is 18.8 Å². The van der Waals surface area contributed by atoms with E-state index >= 15 is 0 Å². The fraction of sp³-hybridized carbons (Fsp3) is 0.409. The lowest BCUT2D eigenvalue weighted by molar-refractivity contribution is -0.121. The van der Waals surface area contributed by atoms with E-state index in [1.54, 1.807) is 24.3 Å². The molecule has 4 rings (SSSR count). The first-order valence-corrected chi connectivity index (χ1v) is 12.5. The Labute approximate surface area is 193 Å². The molecule has 1 unspecified atom stereocenters. The maximum atomic E-state index is 14.7. The minimum absolute atomic E-state index is 0.0663. The maximum Gasteiger partial charge on any atom is 0.414 e. The van der Waals surface area contributed by atoms with Crippen molar-refractivity contribution in [3.63, 3.8) is 0 Å². The summed E-state index contributed by atoms with van der Waals surface area (Å²) in [5, 5.41) is 4.55. The number of nitrogens with zero attached hydrogens (tertiary/aromatic N) is 2. The van der Waals surface area contributed by atoms with Gasteiger partial charge < -0.3 is 15.0 Å². The predicted octanol–water partition coefficient (Wildman–Crippen LogP) is 3.54. The van der Waals surface area contributed by atoms with Gasteiger partial charge in [-0.2, -0.15) is 11.8 Å². The number of ether oxygens (including phenoxy) is 1. The fourth-order valence-electron chi connectivity index (χ4n) is 3.75. The summed E-state index contributed by atoms with van der Waals surface area (Å²) in [6, 6.07) is 8.24. The van der Waals surface area contributed by atoms with Crippen LogP contribution in [0.5, 0.6) is 0 Å². The molecule has 170 valence electrons. The minimum atomic E-state index is -0.560. The number of thioether (sulfide) groups is 1. The number of cyclic esters (lactones) is 1. The summed E-state index contributed by atoms with van der Waals surface area (Å²) in [7, 11) is 0. The number of thiophene rings is 1. The van der Waals surface area contributed by atoms with E-state index < -0.39 is 12.2 Å². The number of hydrogen-bond donors (Lipinski definition) is 1. The summed E-state index contributed by atoms with van der Waals surface area (Å²) in [5.41, 5.74) is 0.902. The van der Waals surface area contributed by atoms with Crippen molar-refractivity contribution in [3.8, 4) is 0 Å². The van der Waals surface area contributed by atoms with Crippen molar-refractivity contribution in [3.05, 3.63) is 46.4 Å². The van der Waals surface area contributed by atoms with Gasteiger partial charge >= 0.3 is 6.09 Å². The lowest BCUT2D eigenvalue weighted by Gasteiger charge is -2.32. The summed E-state index contributed by atoms with van der Waals surface area (Å²) in [6.45, 7) is 1.78. The highest BCUT2D eigenvalue weighted by Crippen LogP contribution is 2.35. The van der Waals surface area contributed by atoms with Gasteiger partial charge in [0.1, 0.15) is 11.9 Å². The lowest BCUT2D eigenvalue weighted by Crippen LogP contribution is -2.36. The molecule has 2 amide bonds. The summed E-state index contributed by atoms with van der Waals surface area (Å²) < 4.78 is 20.1. The SMILES string of the molecule is O=C(CCC(=O)c1cccs1)NCC1CN(c2cccc(F)c2N2CCSCC2)C(=O)O1. The second-order valence-electron chi connectivity index (χ2n) is 7.53. The number of para-hydroxylation sites is 1.